The van der Waals surface area contributed by atoms with Crippen LogP contribution in [0.15, 0.2) is 23.1 Å². The molecule has 5 nitrogen and oxygen atoms in total. The van der Waals surface area contributed by atoms with Crippen molar-refractivity contribution in [1.82, 2.24) is 9.38 Å². The Kier molecular flexibility index (Phi) is 3.49. The van der Waals surface area contributed by atoms with E-state index < -0.39 is 0 Å². The number of rotatable bonds is 2. The topological polar surface area (TPSA) is 54.7 Å². The summed E-state index contributed by atoms with van der Waals surface area (Å²) in [4.78, 5) is 30.6. The normalized spacial score (nSPS) is 16.4. The second-order valence-electron chi connectivity index (χ2n) is 5.83. The van der Waals surface area contributed by atoms with Crippen molar-refractivity contribution >= 4 is 17.8 Å². The summed E-state index contributed by atoms with van der Waals surface area (Å²) in [5.41, 5.74) is 1.43. The molecule has 0 amide bonds. The first-order chi connectivity index (χ1) is 10.1. The van der Waals surface area contributed by atoms with E-state index in [1.165, 1.54) is 4.40 Å². The van der Waals surface area contributed by atoms with Crippen molar-refractivity contribution in [3.63, 3.8) is 0 Å². The van der Waals surface area contributed by atoms with Crippen molar-refractivity contribution in [1.29, 1.82) is 0 Å². The molecule has 0 saturated carbocycles. The van der Waals surface area contributed by atoms with E-state index in [9.17, 15) is 9.59 Å². The highest BCUT2D eigenvalue weighted by Crippen LogP contribution is 2.23. The molecular formula is C16H19N3O2. The molecule has 3 heterocycles. The number of aromatic nitrogens is 2. The molecule has 0 spiro atoms. The van der Waals surface area contributed by atoms with Gasteiger partial charge in [-0.2, -0.15) is 0 Å². The van der Waals surface area contributed by atoms with E-state index in [1.54, 1.807) is 12.3 Å². The zero-order valence-corrected chi connectivity index (χ0v) is 12.4. The number of pyridine rings is 1. The first-order valence-electron chi connectivity index (χ1n) is 7.34. The molecule has 3 rings (SSSR count). The largest absolute Gasteiger partial charge is 0.356 e. The molecule has 1 aliphatic heterocycles. The minimum Gasteiger partial charge on any atom is -0.356 e. The molecule has 1 aliphatic rings. The Morgan fingerprint density at radius 1 is 1.33 bits per heavy atom. The van der Waals surface area contributed by atoms with Gasteiger partial charge < -0.3 is 4.90 Å². The number of aryl methyl sites for hydroxylation is 1. The third-order valence-electron chi connectivity index (χ3n) is 4.27. The minimum atomic E-state index is -0.285. The van der Waals surface area contributed by atoms with E-state index in [0.717, 1.165) is 31.5 Å². The second-order valence-corrected chi connectivity index (χ2v) is 5.83. The van der Waals surface area contributed by atoms with Gasteiger partial charge in [-0.05, 0) is 37.3 Å². The zero-order chi connectivity index (χ0) is 15.0. The van der Waals surface area contributed by atoms with Gasteiger partial charge in [-0.1, -0.05) is 13.0 Å². The minimum absolute atomic E-state index is 0.160. The fourth-order valence-electron chi connectivity index (χ4n) is 2.87. The highest BCUT2D eigenvalue weighted by Gasteiger charge is 2.22. The summed E-state index contributed by atoms with van der Waals surface area (Å²) < 4.78 is 1.45. The highest BCUT2D eigenvalue weighted by atomic mass is 16.1. The predicted molar refractivity (Wildman–Crippen MR) is 82.2 cm³/mol. The Hall–Kier alpha value is -2.17. The van der Waals surface area contributed by atoms with E-state index in [1.807, 2.05) is 13.0 Å². The van der Waals surface area contributed by atoms with Gasteiger partial charge in [-0.15, -0.1) is 0 Å². The molecule has 0 aromatic carbocycles. The lowest BCUT2D eigenvalue weighted by Gasteiger charge is -2.31. The maximum atomic E-state index is 12.5. The SMILES string of the molecule is Cc1cccn2c(=O)c(C=O)c(N3CCC(C)CC3)nc12. The molecule has 0 radical (unpaired) electrons. The standard InChI is InChI=1S/C16H19N3O2/c1-11-5-8-18(9-6-11)15-13(10-20)16(21)19-7-3-4-12(2)14(19)17-15/h3-4,7,10-11H,5-6,8-9H2,1-2H3. The Balaban J connectivity index is 2.19. The van der Waals surface area contributed by atoms with Crippen molar-refractivity contribution in [2.45, 2.75) is 26.7 Å². The van der Waals surface area contributed by atoms with Gasteiger partial charge in [-0.3, -0.25) is 14.0 Å². The number of hydrogen-bond acceptors (Lipinski definition) is 4. The van der Waals surface area contributed by atoms with Gasteiger partial charge in [0, 0.05) is 19.3 Å². The van der Waals surface area contributed by atoms with Crippen LogP contribution in [0, 0.1) is 12.8 Å². The lowest BCUT2D eigenvalue weighted by Crippen LogP contribution is -2.36. The van der Waals surface area contributed by atoms with Crippen LogP contribution < -0.4 is 10.5 Å². The smallest absolute Gasteiger partial charge is 0.270 e. The number of fused-ring (bicyclic) bond motifs is 1. The van der Waals surface area contributed by atoms with Gasteiger partial charge in [0.25, 0.3) is 5.56 Å². The molecule has 2 aromatic rings. The third-order valence-corrected chi connectivity index (χ3v) is 4.27. The number of hydrogen-bond donors (Lipinski definition) is 0. The Bertz CT molecular complexity index is 743. The molecule has 0 aliphatic carbocycles. The van der Waals surface area contributed by atoms with E-state index in [4.69, 9.17) is 0 Å². The maximum Gasteiger partial charge on any atom is 0.270 e. The molecule has 1 saturated heterocycles. The van der Waals surface area contributed by atoms with Crippen LogP contribution in [0.2, 0.25) is 0 Å². The number of carbonyl (C=O) groups is 1. The first kappa shape index (κ1) is 13.8. The summed E-state index contributed by atoms with van der Waals surface area (Å²) in [5.74, 6) is 1.22. The molecule has 110 valence electrons. The second kappa shape index (κ2) is 5.31. The van der Waals surface area contributed by atoms with E-state index in [0.29, 0.717) is 23.7 Å². The molecular weight excluding hydrogens is 266 g/mol. The fourth-order valence-corrected chi connectivity index (χ4v) is 2.87. The maximum absolute atomic E-state index is 12.5. The van der Waals surface area contributed by atoms with Crippen LogP contribution in [-0.2, 0) is 0 Å². The average Bonchev–Trinajstić information content (AvgIpc) is 2.49. The third kappa shape index (κ3) is 2.33. The van der Waals surface area contributed by atoms with Gasteiger partial charge in [0.15, 0.2) is 6.29 Å². The Morgan fingerprint density at radius 2 is 2.05 bits per heavy atom. The average molecular weight is 285 g/mol. The van der Waals surface area contributed by atoms with Crippen molar-refractivity contribution in [3.05, 3.63) is 39.8 Å². The van der Waals surface area contributed by atoms with Crippen LogP contribution in [0.4, 0.5) is 5.82 Å². The van der Waals surface area contributed by atoms with Gasteiger partial charge in [0.1, 0.15) is 17.0 Å². The number of anilines is 1. The Morgan fingerprint density at radius 3 is 2.71 bits per heavy atom. The van der Waals surface area contributed by atoms with Gasteiger partial charge in [0.2, 0.25) is 0 Å². The molecule has 0 N–H and O–H groups in total. The summed E-state index contributed by atoms with van der Waals surface area (Å²) in [5, 5.41) is 0. The monoisotopic (exact) mass is 285 g/mol. The summed E-state index contributed by atoms with van der Waals surface area (Å²) in [6.07, 6.45) is 4.42. The first-order valence-corrected chi connectivity index (χ1v) is 7.34. The summed E-state index contributed by atoms with van der Waals surface area (Å²) >= 11 is 0. The van der Waals surface area contributed by atoms with Crippen molar-refractivity contribution < 1.29 is 4.79 Å². The van der Waals surface area contributed by atoms with Crippen molar-refractivity contribution in [3.8, 4) is 0 Å². The predicted octanol–water partition coefficient (Wildman–Crippen LogP) is 2.05. The number of piperidine rings is 1. The molecule has 2 aromatic heterocycles. The van der Waals surface area contributed by atoms with Gasteiger partial charge in [-0.25, -0.2) is 4.98 Å². The number of nitrogens with zero attached hydrogens (tertiary/aromatic N) is 3. The van der Waals surface area contributed by atoms with Crippen LogP contribution in [0.5, 0.6) is 0 Å². The van der Waals surface area contributed by atoms with Crippen LogP contribution >= 0.6 is 0 Å². The molecule has 0 bridgehead atoms. The van der Waals surface area contributed by atoms with E-state index >= 15 is 0 Å². The quantitative estimate of drug-likeness (QED) is 0.792. The molecule has 5 heteroatoms. The Labute approximate surface area is 123 Å². The summed E-state index contributed by atoms with van der Waals surface area (Å²) in [7, 11) is 0. The van der Waals surface area contributed by atoms with Gasteiger partial charge >= 0.3 is 0 Å². The van der Waals surface area contributed by atoms with Crippen molar-refractivity contribution in [2.75, 3.05) is 18.0 Å². The van der Waals surface area contributed by atoms with E-state index in [-0.39, 0.29) is 11.1 Å². The lowest BCUT2D eigenvalue weighted by molar-refractivity contribution is 0.112. The lowest BCUT2D eigenvalue weighted by atomic mass is 9.99. The van der Waals surface area contributed by atoms with E-state index in [2.05, 4.69) is 16.8 Å². The summed E-state index contributed by atoms with van der Waals surface area (Å²) in [6, 6.07) is 3.71. The van der Waals surface area contributed by atoms with Crippen LogP contribution in [-0.4, -0.2) is 28.8 Å². The van der Waals surface area contributed by atoms with Crippen molar-refractivity contribution in [2.24, 2.45) is 5.92 Å². The number of carbonyl (C=O) groups excluding carboxylic acids is 1. The molecule has 21 heavy (non-hydrogen) atoms. The number of aldehydes is 1. The zero-order valence-electron chi connectivity index (χ0n) is 12.4. The molecule has 0 unspecified atom stereocenters. The van der Waals surface area contributed by atoms with Crippen LogP contribution in [0.25, 0.3) is 5.65 Å². The summed E-state index contributed by atoms with van der Waals surface area (Å²) in [6.45, 7) is 5.84. The van der Waals surface area contributed by atoms with Crippen LogP contribution in [0.1, 0.15) is 35.7 Å². The van der Waals surface area contributed by atoms with Crippen LogP contribution in [0.3, 0.4) is 0 Å². The van der Waals surface area contributed by atoms with Gasteiger partial charge in [0.05, 0.1) is 0 Å². The molecule has 1 fully saturated rings. The molecule has 0 atom stereocenters. The highest BCUT2D eigenvalue weighted by molar-refractivity contribution is 5.83. The fraction of sp³-hybridized carbons (Fsp3) is 0.438.